The lowest BCUT2D eigenvalue weighted by Crippen LogP contribution is -2.46. The lowest BCUT2D eigenvalue weighted by molar-refractivity contribution is 0.0532. The van der Waals surface area contributed by atoms with E-state index >= 15 is 0 Å². The fourth-order valence-corrected chi connectivity index (χ4v) is 2.10. The molecule has 3 amide bonds. The van der Waals surface area contributed by atoms with Gasteiger partial charge in [0.1, 0.15) is 5.82 Å². The fraction of sp³-hybridized carbons (Fsp3) is 0.467. The number of halogens is 1. The van der Waals surface area contributed by atoms with Crippen LogP contribution in [0.5, 0.6) is 0 Å². The van der Waals surface area contributed by atoms with Gasteiger partial charge in [-0.05, 0) is 18.6 Å². The second-order valence-corrected chi connectivity index (χ2v) is 4.92. The van der Waals surface area contributed by atoms with Crippen molar-refractivity contribution in [3.05, 3.63) is 35.6 Å². The lowest BCUT2D eigenvalue weighted by atomic mass is 10.2. The molecule has 0 bridgehead atoms. The molecule has 2 rings (SSSR count). The van der Waals surface area contributed by atoms with E-state index < -0.39 is 11.7 Å². The van der Waals surface area contributed by atoms with Gasteiger partial charge in [0, 0.05) is 26.2 Å². The van der Waals surface area contributed by atoms with Crippen LogP contribution < -0.4 is 10.6 Å². The quantitative estimate of drug-likeness (QED) is 0.797. The van der Waals surface area contributed by atoms with Gasteiger partial charge in [-0.15, -0.1) is 0 Å². The molecule has 1 aliphatic heterocycles. The molecule has 0 radical (unpaired) electrons. The van der Waals surface area contributed by atoms with E-state index in [4.69, 9.17) is 4.74 Å². The summed E-state index contributed by atoms with van der Waals surface area (Å²) in [6.07, 6.45) is 0.580. The van der Waals surface area contributed by atoms with Gasteiger partial charge in [0.05, 0.1) is 18.8 Å². The number of urea groups is 1. The second kappa shape index (κ2) is 8.33. The normalized spacial score (nSPS) is 14.5. The minimum Gasteiger partial charge on any atom is -0.378 e. The number of carbonyl (C=O) groups excluding carboxylic acids is 2. The molecule has 0 spiro atoms. The standard InChI is InChI=1S/C15H20FN3O3/c16-13-5-2-1-4-12(13)14(20)17-6-3-7-18-15(21)19-8-10-22-11-9-19/h1-2,4-5H,3,6-11H2,(H,17,20)(H,18,21). The number of benzene rings is 1. The van der Waals surface area contributed by atoms with Gasteiger partial charge in [-0.2, -0.15) is 0 Å². The van der Waals surface area contributed by atoms with Gasteiger partial charge in [-0.1, -0.05) is 12.1 Å². The van der Waals surface area contributed by atoms with Crippen molar-refractivity contribution in [2.24, 2.45) is 0 Å². The maximum absolute atomic E-state index is 13.4. The van der Waals surface area contributed by atoms with Crippen molar-refractivity contribution >= 4 is 11.9 Å². The summed E-state index contributed by atoms with van der Waals surface area (Å²) < 4.78 is 18.6. The van der Waals surface area contributed by atoms with E-state index in [1.165, 1.54) is 18.2 Å². The molecule has 7 heteroatoms. The Morgan fingerprint density at radius 3 is 2.55 bits per heavy atom. The smallest absolute Gasteiger partial charge is 0.317 e. The first-order chi connectivity index (χ1) is 10.7. The van der Waals surface area contributed by atoms with Gasteiger partial charge in [0.25, 0.3) is 5.91 Å². The summed E-state index contributed by atoms with van der Waals surface area (Å²) >= 11 is 0. The van der Waals surface area contributed by atoms with Crippen LogP contribution in [0.2, 0.25) is 0 Å². The number of amides is 3. The third-order valence-electron chi connectivity index (χ3n) is 3.33. The van der Waals surface area contributed by atoms with Gasteiger partial charge in [-0.3, -0.25) is 4.79 Å². The minimum absolute atomic E-state index is 0.0276. The summed E-state index contributed by atoms with van der Waals surface area (Å²) in [5.41, 5.74) is 0.0276. The van der Waals surface area contributed by atoms with Crippen LogP contribution in [-0.2, 0) is 4.74 Å². The highest BCUT2D eigenvalue weighted by Gasteiger charge is 2.15. The van der Waals surface area contributed by atoms with E-state index in [-0.39, 0.29) is 11.6 Å². The number of ether oxygens (including phenoxy) is 1. The summed E-state index contributed by atoms with van der Waals surface area (Å²) in [7, 11) is 0. The molecule has 2 N–H and O–H groups in total. The number of nitrogens with zero attached hydrogens (tertiary/aromatic N) is 1. The van der Waals surface area contributed by atoms with E-state index in [9.17, 15) is 14.0 Å². The van der Waals surface area contributed by atoms with Gasteiger partial charge >= 0.3 is 6.03 Å². The molecular formula is C15H20FN3O3. The maximum atomic E-state index is 13.4. The highest BCUT2D eigenvalue weighted by atomic mass is 19.1. The van der Waals surface area contributed by atoms with Crippen molar-refractivity contribution in [1.82, 2.24) is 15.5 Å². The Morgan fingerprint density at radius 1 is 1.14 bits per heavy atom. The van der Waals surface area contributed by atoms with E-state index in [0.717, 1.165) is 0 Å². The average molecular weight is 309 g/mol. The van der Waals surface area contributed by atoms with Crippen LogP contribution in [0.25, 0.3) is 0 Å². The van der Waals surface area contributed by atoms with Crippen molar-refractivity contribution in [1.29, 1.82) is 0 Å². The van der Waals surface area contributed by atoms with E-state index in [1.54, 1.807) is 11.0 Å². The minimum atomic E-state index is -0.541. The molecule has 0 atom stereocenters. The Bertz CT molecular complexity index is 519. The molecule has 1 aliphatic rings. The topological polar surface area (TPSA) is 70.7 Å². The number of hydrogen-bond donors (Lipinski definition) is 2. The summed E-state index contributed by atoms with van der Waals surface area (Å²) in [5, 5.41) is 5.41. The number of rotatable bonds is 5. The van der Waals surface area contributed by atoms with Gasteiger partial charge in [0.2, 0.25) is 0 Å². The zero-order chi connectivity index (χ0) is 15.8. The molecule has 120 valence electrons. The third-order valence-corrected chi connectivity index (χ3v) is 3.33. The van der Waals surface area contributed by atoms with Crippen LogP contribution in [0.3, 0.4) is 0 Å². The third kappa shape index (κ3) is 4.70. The Labute approximate surface area is 128 Å². The Morgan fingerprint density at radius 2 is 1.82 bits per heavy atom. The summed E-state index contributed by atoms with van der Waals surface area (Å²) in [6.45, 7) is 3.13. The van der Waals surface area contributed by atoms with Crippen molar-refractivity contribution in [2.75, 3.05) is 39.4 Å². The highest BCUT2D eigenvalue weighted by molar-refractivity contribution is 5.94. The predicted molar refractivity (Wildman–Crippen MR) is 79.1 cm³/mol. The first kappa shape index (κ1) is 16.2. The largest absolute Gasteiger partial charge is 0.378 e. The zero-order valence-electron chi connectivity index (χ0n) is 12.3. The molecule has 0 aromatic heterocycles. The van der Waals surface area contributed by atoms with Crippen LogP contribution in [0.1, 0.15) is 16.8 Å². The summed E-state index contributed by atoms with van der Waals surface area (Å²) in [6, 6.07) is 5.71. The number of hydrogen-bond acceptors (Lipinski definition) is 3. The highest BCUT2D eigenvalue weighted by Crippen LogP contribution is 2.05. The Hall–Kier alpha value is -2.15. The molecule has 1 fully saturated rings. The SMILES string of the molecule is O=C(NCCCNC(=O)N1CCOCC1)c1ccccc1F. The fourth-order valence-electron chi connectivity index (χ4n) is 2.10. The van der Waals surface area contributed by atoms with Crippen molar-refractivity contribution in [3.8, 4) is 0 Å². The molecule has 1 aromatic carbocycles. The molecule has 0 saturated carbocycles. The monoisotopic (exact) mass is 309 g/mol. The number of morpholine rings is 1. The number of nitrogens with one attached hydrogen (secondary N) is 2. The van der Waals surface area contributed by atoms with Crippen LogP contribution in [0.15, 0.2) is 24.3 Å². The van der Waals surface area contributed by atoms with Crippen molar-refractivity contribution in [2.45, 2.75) is 6.42 Å². The molecule has 1 saturated heterocycles. The van der Waals surface area contributed by atoms with Crippen molar-refractivity contribution in [3.63, 3.8) is 0 Å². The van der Waals surface area contributed by atoms with Crippen LogP contribution >= 0.6 is 0 Å². The van der Waals surface area contributed by atoms with Crippen LogP contribution in [0, 0.1) is 5.82 Å². The number of carbonyl (C=O) groups is 2. The summed E-state index contributed by atoms with van der Waals surface area (Å²) in [4.78, 5) is 25.2. The lowest BCUT2D eigenvalue weighted by Gasteiger charge is -2.26. The molecule has 22 heavy (non-hydrogen) atoms. The molecule has 1 heterocycles. The van der Waals surface area contributed by atoms with Gasteiger partial charge < -0.3 is 20.3 Å². The molecule has 6 nitrogen and oxygen atoms in total. The van der Waals surface area contributed by atoms with Crippen LogP contribution in [0.4, 0.5) is 9.18 Å². The first-order valence-electron chi connectivity index (χ1n) is 7.32. The van der Waals surface area contributed by atoms with E-state index in [1.807, 2.05) is 0 Å². The zero-order valence-corrected chi connectivity index (χ0v) is 12.3. The van der Waals surface area contributed by atoms with Gasteiger partial charge in [0.15, 0.2) is 0 Å². The van der Waals surface area contributed by atoms with E-state index in [2.05, 4.69) is 10.6 Å². The summed E-state index contributed by atoms with van der Waals surface area (Å²) in [5.74, 6) is -0.988. The average Bonchev–Trinajstić information content (AvgIpc) is 2.55. The first-order valence-corrected chi connectivity index (χ1v) is 7.32. The molecule has 0 unspecified atom stereocenters. The van der Waals surface area contributed by atoms with Crippen LogP contribution in [-0.4, -0.2) is 56.2 Å². The molecule has 0 aliphatic carbocycles. The molecule has 1 aromatic rings. The van der Waals surface area contributed by atoms with E-state index in [0.29, 0.717) is 45.8 Å². The van der Waals surface area contributed by atoms with Crippen molar-refractivity contribution < 1.29 is 18.7 Å². The Kier molecular flexibility index (Phi) is 6.14. The second-order valence-electron chi connectivity index (χ2n) is 4.92. The van der Waals surface area contributed by atoms with Gasteiger partial charge in [-0.25, -0.2) is 9.18 Å². The maximum Gasteiger partial charge on any atom is 0.317 e. The molecular weight excluding hydrogens is 289 g/mol. The Balaban J connectivity index is 1.62. The predicted octanol–water partition coefficient (Wildman–Crippen LogP) is 0.987.